The van der Waals surface area contributed by atoms with Gasteiger partial charge in [-0.1, -0.05) is 159 Å². The van der Waals surface area contributed by atoms with Crippen molar-refractivity contribution in [2.24, 2.45) is 0 Å². The second-order valence-electron chi connectivity index (χ2n) is 13.3. The highest BCUT2D eigenvalue weighted by molar-refractivity contribution is 7.25. The Labute approximate surface area is 280 Å². The third-order valence-corrected chi connectivity index (χ3v) is 11.6. The highest BCUT2D eigenvalue weighted by Crippen LogP contribution is 2.53. The molecule has 0 aliphatic heterocycles. The van der Waals surface area contributed by atoms with E-state index in [0.29, 0.717) is 0 Å². The maximum Gasteiger partial charge on any atom is 0.0702 e. The van der Waals surface area contributed by atoms with E-state index in [1.165, 1.54) is 75.8 Å². The molecule has 0 N–H and O–H groups in total. The van der Waals surface area contributed by atoms with Gasteiger partial charge in [-0.2, -0.15) is 0 Å². The average Bonchev–Trinajstić information content (AvgIpc) is 3.61. The van der Waals surface area contributed by atoms with Crippen LogP contribution in [0.5, 0.6) is 0 Å². The lowest BCUT2D eigenvalue weighted by Gasteiger charge is -2.37. The van der Waals surface area contributed by atoms with Crippen molar-refractivity contribution < 1.29 is 0 Å². The van der Waals surface area contributed by atoms with Crippen molar-refractivity contribution in [1.82, 2.24) is 0 Å². The average molecular weight is 619 g/mol. The fourth-order valence-corrected chi connectivity index (χ4v) is 9.23. The second kappa shape index (κ2) is 10.7. The molecule has 0 radical (unpaired) electrons. The molecule has 8 aromatic rings. The normalized spacial score (nSPS) is 14.5. The summed E-state index contributed by atoms with van der Waals surface area (Å²) in [6, 6.07) is 63.4. The van der Waals surface area contributed by atoms with Gasteiger partial charge in [0.15, 0.2) is 0 Å². The van der Waals surface area contributed by atoms with Crippen molar-refractivity contribution in [3.05, 3.63) is 203 Å². The van der Waals surface area contributed by atoms with Crippen LogP contribution in [0.4, 0.5) is 0 Å². The molecular formula is C46H34S. The quantitative estimate of drug-likeness (QED) is 0.168. The number of hydrogen-bond acceptors (Lipinski definition) is 1. The van der Waals surface area contributed by atoms with Crippen LogP contribution in [0.25, 0.3) is 42.4 Å². The molecule has 0 bridgehead atoms. The first-order valence-corrected chi connectivity index (χ1v) is 17.2. The molecule has 47 heavy (non-hydrogen) atoms. The maximum atomic E-state index is 2.50. The van der Waals surface area contributed by atoms with E-state index in [1.807, 2.05) is 11.3 Å². The van der Waals surface area contributed by atoms with Gasteiger partial charge < -0.3 is 0 Å². The monoisotopic (exact) mass is 618 g/mol. The van der Waals surface area contributed by atoms with Crippen LogP contribution in [0.3, 0.4) is 0 Å². The Morgan fingerprint density at radius 3 is 1.77 bits per heavy atom. The molecule has 0 amide bonds. The summed E-state index contributed by atoms with van der Waals surface area (Å²) in [6.45, 7) is 4.72. The standard InChI is InChI=1S/C46H34S/c1-45(2)41-19-11-9-17-37(41)39-29-35(25-27-42(39)45)46(33-15-7-4-8-16-33,34-23-21-32(22-24-34)31-13-5-3-6-14-31)36-26-28-44-40(30-36)38-18-10-12-20-43(38)47-44/h3-30H,1-2H3. The highest BCUT2D eigenvalue weighted by Gasteiger charge is 2.41. The summed E-state index contributed by atoms with van der Waals surface area (Å²) in [4.78, 5) is 0. The molecule has 1 unspecified atom stereocenters. The van der Waals surface area contributed by atoms with Crippen LogP contribution in [0.15, 0.2) is 170 Å². The lowest BCUT2D eigenvalue weighted by atomic mass is 9.64. The smallest absolute Gasteiger partial charge is 0.0702 e. The molecule has 224 valence electrons. The zero-order chi connectivity index (χ0) is 31.6. The van der Waals surface area contributed by atoms with E-state index in [4.69, 9.17) is 0 Å². The Hall–Kier alpha value is -5.24. The molecule has 1 aliphatic rings. The van der Waals surface area contributed by atoms with Gasteiger partial charge in [0.05, 0.1) is 5.41 Å². The number of benzene rings is 7. The molecule has 0 saturated carbocycles. The van der Waals surface area contributed by atoms with Gasteiger partial charge in [0.25, 0.3) is 0 Å². The topological polar surface area (TPSA) is 0 Å². The molecule has 0 saturated heterocycles. The minimum absolute atomic E-state index is 0.0499. The van der Waals surface area contributed by atoms with Crippen molar-refractivity contribution in [2.75, 3.05) is 0 Å². The molecule has 7 aromatic carbocycles. The van der Waals surface area contributed by atoms with Gasteiger partial charge in [0, 0.05) is 25.6 Å². The fourth-order valence-electron chi connectivity index (χ4n) is 8.14. The number of rotatable bonds is 5. The Morgan fingerprint density at radius 1 is 0.404 bits per heavy atom. The Kier molecular flexibility index (Phi) is 6.35. The summed E-state index contributed by atoms with van der Waals surface area (Å²) in [7, 11) is 0. The Bertz CT molecular complexity index is 2410. The van der Waals surface area contributed by atoms with Gasteiger partial charge >= 0.3 is 0 Å². The van der Waals surface area contributed by atoms with E-state index in [-0.39, 0.29) is 5.41 Å². The van der Waals surface area contributed by atoms with E-state index in [0.717, 1.165) is 0 Å². The van der Waals surface area contributed by atoms with Crippen LogP contribution < -0.4 is 0 Å². The molecule has 1 aliphatic carbocycles. The molecule has 1 heterocycles. The van der Waals surface area contributed by atoms with Crippen LogP contribution in [0, 0.1) is 0 Å². The first kappa shape index (κ1) is 28.0. The first-order chi connectivity index (χ1) is 23.0. The fraction of sp³-hybridized carbons (Fsp3) is 0.0870. The summed E-state index contributed by atoms with van der Waals surface area (Å²) in [5.74, 6) is 0. The maximum absolute atomic E-state index is 2.50. The van der Waals surface area contributed by atoms with Crippen molar-refractivity contribution in [3.63, 3.8) is 0 Å². The zero-order valence-corrected chi connectivity index (χ0v) is 27.4. The molecule has 0 nitrogen and oxygen atoms in total. The van der Waals surface area contributed by atoms with E-state index >= 15 is 0 Å². The van der Waals surface area contributed by atoms with Crippen molar-refractivity contribution in [1.29, 1.82) is 0 Å². The van der Waals surface area contributed by atoms with Crippen LogP contribution >= 0.6 is 11.3 Å². The predicted molar refractivity (Wildman–Crippen MR) is 201 cm³/mol. The van der Waals surface area contributed by atoms with Gasteiger partial charge in [-0.05, 0) is 79.9 Å². The van der Waals surface area contributed by atoms with Crippen molar-refractivity contribution >= 4 is 31.5 Å². The van der Waals surface area contributed by atoms with Crippen LogP contribution in [-0.4, -0.2) is 0 Å². The lowest BCUT2D eigenvalue weighted by molar-refractivity contribution is 0.659. The summed E-state index contributed by atoms with van der Waals surface area (Å²) in [5.41, 5.74) is 12.4. The van der Waals surface area contributed by atoms with Crippen LogP contribution in [-0.2, 0) is 10.8 Å². The third-order valence-electron chi connectivity index (χ3n) is 10.5. The van der Waals surface area contributed by atoms with Crippen molar-refractivity contribution in [2.45, 2.75) is 24.7 Å². The summed E-state index contributed by atoms with van der Waals surface area (Å²) < 4.78 is 2.65. The minimum atomic E-state index is -0.551. The second-order valence-corrected chi connectivity index (χ2v) is 14.4. The van der Waals surface area contributed by atoms with Crippen LogP contribution in [0.2, 0.25) is 0 Å². The summed E-state index contributed by atoms with van der Waals surface area (Å²) in [5, 5.41) is 2.64. The molecule has 1 aromatic heterocycles. The molecule has 0 spiro atoms. The number of hydrogen-bond donors (Lipinski definition) is 0. The third kappa shape index (κ3) is 4.20. The van der Waals surface area contributed by atoms with Gasteiger partial charge in [-0.3, -0.25) is 0 Å². The molecule has 1 heteroatoms. The van der Waals surface area contributed by atoms with Gasteiger partial charge in [0.1, 0.15) is 0 Å². The lowest BCUT2D eigenvalue weighted by Crippen LogP contribution is -2.31. The Morgan fingerprint density at radius 2 is 0.957 bits per heavy atom. The van der Waals surface area contributed by atoms with Gasteiger partial charge in [0.2, 0.25) is 0 Å². The number of fused-ring (bicyclic) bond motifs is 6. The van der Waals surface area contributed by atoms with Gasteiger partial charge in [-0.25, -0.2) is 0 Å². The largest absolute Gasteiger partial charge is 0.135 e. The van der Waals surface area contributed by atoms with Crippen LogP contribution in [0.1, 0.15) is 47.2 Å². The number of thiophene rings is 1. The van der Waals surface area contributed by atoms with E-state index < -0.39 is 5.41 Å². The predicted octanol–water partition coefficient (Wildman–Crippen LogP) is 12.4. The zero-order valence-electron chi connectivity index (χ0n) is 26.6. The molecule has 9 rings (SSSR count). The summed E-state index contributed by atoms with van der Waals surface area (Å²) >= 11 is 1.88. The molecule has 0 fully saturated rings. The Balaban J connectivity index is 1.37. The van der Waals surface area contributed by atoms with E-state index in [9.17, 15) is 0 Å². The van der Waals surface area contributed by atoms with E-state index in [1.54, 1.807) is 0 Å². The molecular weight excluding hydrogens is 585 g/mol. The first-order valence-electron chi connectivity index (χ1n) is 16.4. The van der Waals surface area contributed by atoms with E-state index in [2.05, 4.69) is 184 Å². The minimum Gasteiger partial charge on any atom is -0.135 e. The van der Waals surface area contributed by atoms with Crippen molar-refractivity contribution in [3.8, 4) is 22.3 Å². The van der Waals surface area contributed by atoms with Gasteiger partial charge in [-0.15, -0.1) is 11.3 Å². The SMILES string of the molecule is CC1(C)c2ccccc2-c2cc(C(c3ccccc3)(c3ccc(-c4ccccc4)cc3)c3ccc4sc5ccccc5c4c3)ccc21. The highest BCUT2D eigenvalue weighted by atomic mass is 32.1. The molecule has 1 atom stereocenters. The summed E-state index contributed by atoms with van der Waals surface area (Å²) in [6.07, 6.45) is 0.